The zero-order chi connectivity index (χ0) is 21.1. The Morgan fingerprint density at radius 1 is 1.17 bits per heavy atom. The number of carbonyl (C=O) groups is 2. The summed E-state index contributed by atoms with van der Waals surface area (Å²) in [6, 6.07) is 10.7. The van der Waals surface area contributed by atoms with Crippen LogP contribution < -0.4 is 4.74 Å². The first-order chi connectivity index (χ1) is 14.6. The van der Waals surface area contributed by atoms with Crippen LogP contribution in [0.3, 0.4) is 0 Å². The number of hydrogen-bond donors (Lipinski definition) is 1. The summed E-state index contributed by atoms with van der Waals surface area (Å²) in [5, 5.41) is 9.63. The topological polar surface area (TPSA) is 83.2 Å². The summed E-state index contributed by atoms with van der Waals surface area (Å²) in [6.45, 7) is 3.86. The number of amides is 2. The van der Waals surface area contributed by atoms with Gasteiger partial charge in [0.2, 0.25) is 0 Å². The molecule has 7 nitrogen and oxygen atoms in total. The van der Waals surface area contributed by atoms with Crippen molar-refractivity contribution >= 4 is 17.4 Å². The lowest BCUT2D eigenvalue weighted by atomic mass is 9.97. The van der Waals surface area contributed by atoms with E-state index in [-0.39, 0.29) is 30.9 Å². The zero-order valence-electron chi connectivity index (χ0n) is 17.0. The molecule has 0 saturated carbocycles. The molecule has 1 aromatic carbocycles. The van der Waals surface area contributed by atoms with Crippen molar-refractivity contribution in [3.05, 3.63) is 59.7 Å². The molecule has 2 aliphatic heterocycles. The Labute approximate surface area is 175 Å². The summed E-state index contributed by atoms with van der Waals surface area (Å²) < 4.78 is 10.9. The van der Waals surface area contributed by atoms with Crippen molar-refractivity contribution in [2.75, 3.05) is 26.3 Å². The molecule has 4 rings (SSSR count). The van der Waals surface area contributed by atoms with E-state index < -0.39 is 0 Å². The number of nitrogens with zero attached hydrogens (tertiary/aromatic N) is 2. The SMILES string of the molecule is CCOc1ccc(C2=C(N3CCCC(CO)C3)C(=O)N(Cc3ccco3)C2=O)cc1. The molecule has 1 unspecified atom stereocenters. The molecule has 1 fully saturated rings. The second kappa shape index (κ2) is 8.75. The number of furan rings is 1. The van der Waals surface area contributed by atoms with E-state index in [1.807, 2.05) is 36.1 Å². The van der Waals surface area contributed by atoms with Crippen LogP contribution in [0.5, 0.6) is 5.75 Å². The van der Waals surface area contributed by atoms with Crippen molar-refractivity contribution in [1.29, 1.82) is 0 Å². The maximum atomic E-state index is 13.4. The second-order valence-corrected chi connectivity index (χ2v) is 7.59. The third kappa shape index (κ3) is 3.85. The van der Waals surface area contributed by atoms with Gasteiger partial charge >= 0.3 is 0 Å². The van der Waals surface area contributed by atoms with Crippen LogP contribution in [0.25, 0.3) is 5.57 Å². The quantitative estimate of drug-likeness (QED) is 0.707. The predicted molar refractivity (Wildman–Crippen MR) is 110 cm³/mol. The van der Waals surface area contributed by atoms with Crippen molar-refractivity contribution in [1.82, 2.24) is 9.80 Å². The molecule has 3 heterocycles. The van der Waals surface area contributed by atoms with Crippen molar-refractivity contribution in [3.63, 3.8) is 0 Å². The van der Waals surface area contributed by atoms with Crippen LogP contribution in [0.15, 0.2) is 52.8 Å². The molecule has 1 aromatic heterocycles. The lowest BCUT2D eigenvalue weighted by Gasteiger charge is -2.34. The Kier molecular flexibility index (Phi) is 5.90. The molecule has 0 spiro atoms. The maximum Gasteiger partial charge on any atom is 0.278 e. The Morgan fingerprint density at radius 2 is 1.97 bits per heavy atom. The number of piperidine rings is 1. The highest BCUT2D eigenvalue weighted by Gasteiger charge is 2.42. The highest BCUT2D eigenvalue weighted by Crippen LogP contribution is 2.35. The summed E-state index contributed by atoms with van der Waals surface area (Å²) in [5.74, 6) is 0.706. The molecule has 7 heteroatoms. The summed E-state index contributed by atoms with van der Waals surface area (Å²) in [4.78, 5) is 29.9. The largest absolute Gasteiger partial charge is 0.494 e. The highest BCUT2D eigenvalue weighted by atomic mass is 16.5. The van der Waals surface area contributed by atoms with Gasteiger partial charge in [-0.15, -0.1) is 0 Å². The summed E-state index contributed by atoms with van der Waals surface area (Å²) in [7, 11) is 0. The molecule has 2 aliphatic rings. The first kappa shape index (κ1) is 20.2. The van der Waals surface area contributed by atoms with Crippen molar-refractivity contribution in [3.8, 4) is 5.75 Å². The van der Waals surface area contributed by atoms with Crippen LogP contribution in [-0.4, -0.2) is 53.0 Å². The van der Waals surface area contributed by atoms with Crippen LogP contribution in [0.4, 0.5) is 0 Å². The molecular formula is C23H26N2O5. The Morgan fingerprint density at radius 3 is 2.63 bits per heavy atom. The molecule has 2 amide bonds. The molecule has 158 valence electrons. The average Bonchev–Trinajstić information content (AvgIpc) is 3.37. The standard InChI is InChI=1S/C23H26N2O5/c1-2-29-18-9-7-17(8-10-18)20-21(24-11-3-5-16(13-24)15-26)23(28)25(22(20)27)14-19-6-4-12-30-19/h4,6-10,12,16,26H,2-3,5,11,13-15H2,1H3. The van der Waals surface area contributed by atoms with Crippen LogP contribution >= 0.6 is 0 Å². The number of benzene rings is 1. The van der Waals surface area contributed by atoms with Gasteiger partial charge in [-0.05, 0) is 55.5 Å². The van der Waals surface area contributed by atoms with E-state index >= 15 is 0 Å². The van der Waals surface area contributed by atoms with Gasteiger partial charge in [-0.25, -0.2) is 0 Å². The van der Waals surface area contributed by atoms with Crippen LogP contribution in [0.1, 0.15) is 31.1 Å². The van der Waals surface area contributed by atoms with Crippen LogP contribution in [0, 0.1) is 5.92 Å². The number of aliphatic hydroxyl groups is 1. The molecule has 0 aliphatic carbocycles. The first-order valence-electron chi connectivity index (χ1n) is 10.3. The number of carbonyl (C=O) groups excluding carboxylic acids is 2. The Balaban J connectivity index is 1.71. The lowest BCUT2D eigenvalue weighted by Crippen LogP contribution is -2.40. The summed E-state index contributed by atoms with van der Waals surface area (Å²) in [5.41, 5.74) is 1.49. The highest BCUT2D eigenvalue weighted by molar-refractivity contribution is 6.35. The Hall–Kier alpha value is -3.06. The lowest BCUT2D eigenvalue weighted by molar-refractivity contribution is -0.138. The van der Waals surface area contributed by atoms with Gasteiger partial charge in [-0.1, -0.05) is 12.1 Å². The van der Waals surface area contributed by atoms with E-state index in [1.165, 1.54) is 11.2 Å². The summed E-state index contributed by atoms with van der Waals surface area (Å²) in [6.07, 6.45) is 3.31. The van der Waals surface area contributed by atoms with Gasteiger partial charge in [0.05, 0.1) is 25.0 Å². The van der Waals surface area contributed by atoms with E-state index in [4.69, 9.17) is 9.15 Å². The van der Waals surface area contributed by atoms with E-state index in [9.17, 15) is 14.7 Å². The van der Waals surface area contributed by atoms with Gasteiger partial charge in [0.15, 0.2) is 0 Å². The monoisotopic (exact) mass is 410 g/mol. The molecule has 1 atom stereocenters. The third-order valence-corrected chi connectivity index (χ3v) is 5.59. The smallest absolute Gasteiger partial charge is 0.278 e. The molecule has 1 saturated heterocycles. The molecule has 0 bridgehead atoms. The maximum absolute atomic E-state index is 13.4. The fraction of sp³-hybridized carbons (Fsp3) is 0.391. The molecule has 1 N–H and O–H groups in total. The number of rotatable bonds is 7. The van der Waals surface area contributed by atoms with Crippen molar-refractivity contribution in [2.45, 2.75) is 26.3 Å². The van der Waals surface area contributed by atoms with E-state index in [0.717, 1.165) is 12.8 Å². The number of aliphatic hydroxyl groups excluding tert-OH is 1. The van der Waals surface area contributed by atoms with Crippen molar-refractivity contribution in [2.24, 2.45) is 5.92 Å². The molecule has 2 aromatic rings. The normalized spacial score (nSPS) is 19.7. The summed E-state index contributed by atoms with van der Waals surface area (Å²) >= 11 is 0. The molecule has 30 heavy (non-hydrogen) atoms. The fourth-order valence-corrected chi connectivity index (χ4v) is 4.12. The van der Waals surface area contributed by atoms with Gasteiger partial charge in [0.25, 0.3) is 11.8 Å². The van der Waals surface area contributed by atoms with Gasteiger partial charge in [0, 0.05) is 19.7 Å². The Bertz CT molecular complexity index is 933. The predicted octanol–water partition coefficient (Wildman–Crippen LogP) is 2.66. The van der Waals surface area contributed by atoms with E-state index in [0.29, 0.717) is 48.0 Å². The van der Waals surface area contributed by atoms with Crippen LogP contribution in [-0.2, 0) is 16.1 Å². The molecular weight excluding hydrogens is 384 g/mol. The fourth-order valence-electron chi connectivity index (χ4n) is 4.12. The number of likely N-dealkylation sites (tertiary alicyclic amines) is 1. The second-order valence-electron chi connectivity index (χ2n) is 7.59. The minimum atomic E-state index is -0.332. The number of imide groups is 1. The minimum Gasteiger partial charge on any atom is -0.494 e. The number of hydrogen-bond acceptors (Lipinski definition) is 6. The van der Waals surface area contributed by atoms with E-state index in [1.54, 1.807) is 12.1 Å². The van der Waals surface area contributed by atoms with Crippen molar-refractivity contribution < 1.29 is 23.8 Å². The number of ether oxygens (including phenoxy) is 1. The third-order valence-electron chi connectivity index (χ3n) is 5.59. The van der Waals surface area contributed by atoms with Gasteiger partial charge < -0.3 is 19.2 Å². The average molecular weight is 410 g/mol. The van der Waals surface area contributed by atoms with E-state index in [2.05, 4.69) is 0 Å². The van der Waals surface area contributed by atoms with Gasteiger partial charge in [-0.2, -0.15) is 0 Å². The zero-order valence-corrected chi connectivity index (χ0v) is 17.0. The van der Waals surface area contributed by atoms with Crippen LogP contribution in [0.2, 0.25) is 0 Å². The van der Waals surface area contributed by atoms with Gasteiger partial charge in [0.1, 0.15) is 17.2 Å². The van der Waals surface area contributed by atoms with Gasteiger partial charge in [-0.3, -0.25) is 14.5 Å². The minimum absolute atomic E-state index is 0.0699. The first-order valence-corrected chi connectivity index (χ1v) is 10.3. The molecule has 0 radical (unpaired) electrons.